The Balaban J connectivity index is 1.78. The second-order valence-corrected chi connectivity index (χ2v) is 6.51. The van der Waals surface area contributed by atoms with Crippen LogP contribution in [0.15, 0.2) is 42.5 Å². The number of nitrogens with one attached hydrogen (secondary N) is 1. The van der Waals surface area contributed by atoms with Crippen LogP contribution in [0, 0.1) is 0 Å². The van der Waals surface area contributed by atoms with E-state index in [9.17, 15) is 4.79 Å². The third-order valence-electron chi connectivity index (χ3n) is 3.60. The standard InChI is InChI=1S/C19H21Cl2NO3/c1-13(12-25-18-6-4-3-5-17(18)24-2)22-19(23)10-8-14-7-9-15(20)11-16(14)21/h3-7,9,11,13H,8,10,12H2,1-2H3,(H,22,23). The van der Waals surface area contributed by atoms with Crippen molar-refractivity contribution in [3.05, 3.63) is 58.1 Å². The molecule has 1 unspecified atom stereocenters. The van der Waals surface area contributed by atoms with E-state index in [0.29, 0.717) is 41.0 Å². The Morgan fingerprint density at radius 1 is 1.16 bits per heavy atom. The molecule has 2 aromatic rings. The molecule has 134 valence electrons. The van der Waals surface area contributed by atoms with Crippen LogP contribution < -0.4 is 14.8 Å². The van der Waals surface area contributed by atoms with Gasteiger partial charge in [-0.05, 0) is 43.2 Å². The van der Waals surface area contributed by atoms with Gasteiger partial charge in [-0.25, -0.2) is 0 Å². The van der Waals surface area contributed by atoms with E-state index in [2.05, 4.69) is 5.32 Å². The highest BCUT2D eigenvalue weighted by molar-refractivity contribution is 6.35. The van der Waals surface area contributed by atoms with Crippen LogP contribution in [0.1, 0.15) is 18.9 Å². The van der Waals surface area contributed by atoms with Gasteiger partial charge in [-0.1, -0.05) is 41.4 Å². The molecule has 0 bridgehead atoms. The molecular weight excluding hydrogens is 361 g/mol. The number of amides is 1. The second-order valence-electron chi connectivity index (χ2n) is 5.67. The molecule has 0 radical (unpaired) electrons. The number of hydrogen-bond donors (Lipinski definition) is 1. The maximum Gasteiger partial charge on any atom is 0.220 e. The summed E-state index contributed by atoms with van der Waals surface area (Å²) in [7, 11) is 1.59. The van der Waals surface area contributed by atoms with Gasteiger partial charge in [0.1, 0.15) is 6.61 Å². The van der Waals surface area contributed by atoms with Gasteiger partial charge in [-0.2, -0.15) is 0 Å². The van der Waals surface area contributed by atoms with Crippen molar-refractivity contribution in [1.29, 1.82) is 0 Å². The SMILES string of the molecule is COc1ccccc1OCC(C)NC(=O)CCc1ccc(Cl)cc1Cl. The lowest BCUT2D eigenvalue weighted by Gasteiger charge is -2.16. The van der Waals surface area contributed by atoms with Crippen LogP contribution in [0.25, 0.3) is 0 Å². The normalized spacial score (nSPS) is 11.7. The van der Waals surface area contributed by atoms with Gasteiger partial charge in [0.2, 0.25) is 5.91 Å². The fourth-order valence-electron chi connectivity index (χ4n) is 2.31. The average Bonchev–Trinajstić information content (AvgIpc) is 2.59. The Kier molecular flexibility index (Phi) is 7.41. The van der Waals surface area contributed by atoms with E-state index in [1.807, 2.05) is 37.3 Å². The zero-order valence-electron chi connectivity index (χ0n) is 14.2. The number of carbonyl (C=O) groups excluding carboxylic acids is 1. The lowest BCUT2D eigenvalue weighted by molar-refractivity contribution is -0.121. The van der Waals surface area contributed by atoms with E-state index in [0.717, 1.165) is 5.56 Å². The highest BCUT2D eigenvalue weighted by Crippen LogP contribution is 2.25. The Labute approximate surface area is 158 Å². The first kappa shape index (κ1) is 19.4. The van der Waals surface area contributed by atoms with Crippen LogP contribution in [0.3, 0.4) is 0 Å². The maximum atomic E-state index is 12.1. The van der Waals surface area contributed by atoms with Crippen molar-refractivity contribution in [2.45, 2.75) is 25.8 Å². The van der Waals surface area contributed by atoms with Gasteiger partial charge in [0.05, 0.1) is 13.2 Å². The largest absolute Gasteiger partial charge is 0.493 e. The molecule has 0 saturated carbocycles. The van der Waals surface area contributed by atoms with Gasteiger partial charge < -0.3 is 14.8 Å². The van der Waals surface area contributed by atoms with Crippen molar-refractivity contribution >= 4 is 29.1 Å². The summed E-state index contributed by atoms with van der Waals surface area (Å²) in [5.41, 5.74) is 0.902. The Hall–Kier alpha value is -1.91. The minimum atomic E-state index is -0.127. The second kappa shape index (κ2) is 9.54. The fourth-order valence-corrected chi connectivity index (χ4v) is 2.82. The minimum absolute atomic E-state index is 0.0536. The number of methoxy groups -OCH3 is 1. The van der Waals surface area contributed by atoms with E-state index in [-0.39, 0.29) is 11.9 Å². The van der Waals surface area contributed by atoms with Crippen molar-refractivity contribution in [2.75, 3.05) is 13.7 Å². The molecule has 0 saturated heterocycles. The zero-order valence-corrected chi connectivity index (χ0v) is 15.7. The highest BCUT2D eigenvalue weighted by Gasteiger charge is 2.11. The molecule has 0 fully saturated rings. The van der Waals surface area contributed by atoms with E-state index < -0.39 is 0 Å². The molecule has 2 rings (SSSR count). The minimum Gasteiger partial charge on any atom is -0.493 e. The number of ether oxygens (including phenoxy) is 2. The molecule has 2 aromatic carbocycles. The summed E-state index contributed by atoms with van der Waals surface area (Å²) in [6.45, 7) is 2.25. The molecule has 4 nitrogen and oxygen atoms in total. The van der Waals surface area contributed by atoms with E-state index in [4.69, 9.17) is 32.7 Å². The summed E-state index contributed by atoms with van der Waals surface area (Å²) in [6, 6.07) is 12.6. The number of aryl methyl sites for hydroxylation is 1. The molecule has 1 atom stereocenters. The molecule has 0 aliphatic rings. The first-order valence-corrected chi connectivity index (χ1v) is 8.74. The number of carbonyl (C=O) groups is 1. The fraction of sp³-hybridized carbons (Fsp3) is 0.316. The summed E-state index contributed by atoms with van der Waals surface area (Å²) in [5.74, 6) is 1.26. The lowest BCUT2D eigenvalue weighted by atomic mass is 10.1. The third-order valence-corrected chi connectivity index (χ3v) is 4.19. The predicted octanol–water partition coefficient (Wildman–Crippen LogP) is 4.52. The third kappa shape index (κ3) is 6.15. The number of rotatable bonds is 8. The van der Waals surface area contributed by atoms with Crippen molar-refractivity contribution in [3.8, 4) is 11.5 Å². The van der Waals surface area contributed by atoms with Crippen molar-refractivity contribution in [1.82, 2.24) is 5.32 Å². The quantitative estimate of drug-likeness (QED) is 0.730. The molecule has 0 aliphatic carbocycles. The lowest BCUT2D eigenvalue weighted by Crippen LogP contribution is -2.36. The summed E-state index contributed by atoms with van der Waals surface area (Å²) in [4.78, 5) is 12.1. The Bertz CT molecular complexity index is 722. The number of halogens is 2. The van der Waals surface area contributed by atoms with Crippen molar-refractivity contribution < 1.29 is 14.3 Å². The van der Waals surface area contributed by atoms with Gasteiger partial charge in [0, 0.05) is 16.5 Å². The first-order chi connectivity index (χ1) is 12.0. The number of benzene rings is 2. The molecule has 1 amide bonds. The summed E-state index contributed by atoms with van der Waals surface area (Å²) < 4.78 is 10.9. The smallest absolute Gasteiger partial charge is 0.220 e. The maximum absolute atomic E-state index is 12.1. The van der Waals surface area contributed by atoms with Crippen LogP contribution in [-0.2, 0) is 11.2 Å². The van der Waals surface area contributed by atoms with Crippen LogP contribution in [0.2, 0.25) is 10.0 Å². The summed E-state index contributed by atoms with van der Waals surface area (Å²) >= 11 is 12.0. The molecule has 0 aromatic heterocycles. The van der Waals surface area contributed by atoms with E-state index in [1.54, 1.807) is 19.2 Å². The average molecular weight is 382 g/mol. The van der Waals surface area contributed by atoms with Gasteiger partial charge in [0.15, 0.2) is 11.5 Å². The molecular formula is C19H21Cl2NO3. The summed E-state index contributed by atoms with van der Waals surface area (Å²) in [6.07, 6.45) is 0.905. The molecule has 6 heteroatoms. The monoisotopic (exact) mass is 381 g/mol. The number of para-hydroxylation sites is 2. The van der Waals surface area contributed by atoms with Crippen molar-refractivity contribution in [3.63, 3.8) is 0 Å². The van der Waals surface area contributed by atoms with E-state index in [1.165, 1.54) is 0 Å². The summed E-state index contributed by atoms with van der Waals surface area (Å²) in [5, 5.41) is 4.08. The van der Waals surface area contributed by atoms with Crippen LogP contribution >= 0.6 is 23.2 Å². The number of hydrogen-bond acceptors (Lipinski definition) is 3. The van der Waals surface area contributed by atoms with Crippen molar-refractivity contribution in [2.24, 2.45) is 0 Å². The molecule has 0 heterocycles. The topological polar surface area (TPSA) is 47.6 Å². The molecule has 25 heavy (non-hydrogen) atoms. The van der Waals surface area contributed by atoms with Gasteiger partial charge in [-0.15, -0.1) is 0 Å². The van der Waals surface area contributed by atoms with Gasteiger partial charge in [-0.3, -0.25) is 4.79 Å². The van der Waals surface area contributed by atoms with Crippen LogP contribution in [0.5, 0.6) is 11.5 Å². The Morgan fingerprint density at radius 2 is 1.88 bits per heavy atom. The van der Waals surface area contributed by atoms with Crippen LogP contribution in [-0.4, -0.2) is 25.7 Å². The van der Waals surface area contributed by atoms with Gasteiger partial charge in [0.25, 0.3) is 0 Å². The predicted molar refractivity (Wildman–Crippen MR) is 101 cm³/mol. The van der Waals surface area contributed by atoms with Gasteiger partial charge >= 0.3 is 0 Å². The van der Waals surface area contributed by atoms with Crippen LogP contribution in [0.4, 0.5) is 0 Å². The zero-order chi connectivity index (χ0) is 18.2. The molecule has 1 N–H and O–H groups in total. The molecule has 0 aliphatic heterocycles. The first-order valence-electron chi connectivity index (χ1n) is 7.98. The Morgan fingerprint density at radius 3 is 2.56 bits per heavy atom. The molecule has 0 spiro atoms. The highest BCUT2D eigenvalue weighted by atomic mass is 35.5. The van der Waals surface area contributed by atoms with E-state index >= 15 is 0 Å².